The molecule has 0 saturated heterocycles. The SMILES string of the molecule is O=C([O-])CC12CC3CC(CC(O)(C3)C1)C2. The zero-order chi connectivity index (χ0) is 10.7. The quantitative estimate of drug-likeness (QED) is 0.718. The lowest BCUT2D eigenvalue weighted by molar-refractivity contribution is -0.311. The predicted molar refractivity (Wildman–Crippen MR) is 51.7 cm³/mol. The molecule has 3 nitrogen and oxygen atoms in total. The summed E-state index contributed by atoms with van der Waals surface area (Å²) in [5, 5.41) is 21.2. The van der Waals surface area contributed by atoms with E-state index in [1.54, 1.807) is 0 Å². The van der Waals surface area contributed by atoms with E-state index in [0.717, 1.165) is 25.7 Å². The van der Waals surface area contributed by atoms with E-state index >= 15 is 0 Å². The average Bonchev–Trinajstić information content (AvgIpc) is 1.94. The van der Waals surface area contributed by atoms with E-state index in [4.69, 9.17) is 0 Å². The molecule has 2 atom stereocenters. The van der Waals surface area contributed by atoms with Crippen LogP contribution in [0.25, 0.3) is 0 Å². The molecule has 0 aromatic carbocycles. The molecule has 15 heavy (non-hydrogen) atoms. The number of carboxylic acids is 1. The van der Waals surface area contributed by atoms with Gasteiger partial charge in [-0.2, -0.15) is 0 Å². The van der Waals surface area contributed by atoms with Gasteiger partial charge in [0.05, 0.1) is 5.60 Å². The highest BCUT2D eigenvalue weighted by Crippen LogP contribution is 2.62. The smallest absolute Gasteiger partial charge is 0.0658 e. The molecule has 4 bridgehead atoms. The van der Waals surface area contributed by atoms with E-state index in [0.29, 0.717) is 18.3 Å². The van der Waals surface area contributed by atoms with Crippen molar-refractivity contribution in [2.45, 2.75) is 50.5 Å². The van der Waals surface area contributed by atoms with Crippen LogP contribution in [0.3, 0.4) is 0 Å². The lowest BCUT2D eigenvalue weighted by atomic mass is 9.47. The van der Waals surface area contributed by atoms with Crippen LogP contribution in [0, 0.1) is 17.3 Å². The molecule has 0 heterocycles. The van der Waals surface area contributed by atoms with Crippen molar-refractivity contribution in [3.8, 4) is 0 Å². The van der Waals surface area contributed by atoms with Gasteiger partial charge in [-0.05, 0) is 62.2 Å². The normalized spacial score (nSPS) is 52.1. The minimum absolute atomic E-state index is 0.127. The van der Waals surface area contributed by atoms with Crippen molar-refractivity contribution in [2.75, 3.05) is 0 Å². The Balaban J connectivity index is 1.89. The Bertz CT molecular complexity index is 296. The third-order valence-electron chi connectivity index (χ3n) is 4.67. The van der Waals surface area contributed by atoms with Gasteiger partial charge in [0.2, 0.25) is 0 Å². The molecule has 3 heteroatoms. The van der Waals surface area contributed by atoms with Crippen LogP contribution >= 0.6 is 0 Å². The van der Waals surface area contributed by atoms with Crippen molar-refractivity contribution in [2.24, 2.45) is 17.3 Å². The van der Waals surface area contributed by atoms with Gasteiger partial charge in [0.15, 0.2) is 0 Å². The monoisotopic (exact) mass is 209 g/mol. The van der Waals surface area contributed by atoms with Crippen molar-refractivity contribution in [1.29, 1.82) is 0 Å². The highest BCUT2D eigenvalue weighted by molar-refractivity contribution is 5.65. The first-order valence-corrected chi connectivity index (χ1v) is 5.91. The molecule has 2 unspecified atom stereocenters. The molecule has 0 spiro atoms. The van der Waals surface area contributed by atoms with Gasteiger partial charge in [-0.15, -0.1) is 0 Å². The Morgan fingerprint density at radius 2 is 1.87 bits per heavy atom. The Hall–Kier alpha value is -0.570. The number of carboxylic acid groups (broad SMARTS) is 1. The highest BCUT2D eigenvalue weighted by Gasteiger charge is 2.56. The molecule has 0 aromatic heterocycles. The van der Waals surface area contributed by atoms with Gasteiger partial charge >= 0.3 is 0 Å². The molecular weight excluding hydrogens is 192 g/mol. The number of aliphatic carboxylic acids is 1. The molecule has 4 aliphatic rings. The standard InChI is InChI=1S/C12H18O3/c13-10(14)6-11-2-8-1-9(3-11)5-12(15,4-8)7-11/h8-9,15H,1-7H2,(H,13,14)/p-1. The van der Waals surface area contributed by atoms with Crippen molar-refractivity contribution in [1.82, 2.24) is 0 Å². The highest BCUT2D eigenvalue weighted by atomic mass is 16.4. The van der Waals surface area contributed by atoms with Crippen LogP contribution in [-0.2, 0) is 4.79 Å². The van der Waals surface area contributed by atoms with E-state index in [-0.39, 0.29) is 11.8 Å². The number of carbonyl (C=O) groups excluding carboxylic acids is 1. The van der Waals surface area contributed by atoms with E-state index in [9.17, 15) is 15.0 Å². The van der Waals surface area contributed by atoms with Crippen LogP contribution in [0.5, 0.6) is 0 Å². The van der Waals surface area contributed by atoms with Crippen LogP contribution in [0.4, 0.5) is 0 Å². The Morgan fingerprint density at radius 1 is 1.27 bits per heavy atom. The van der Waals surface area contributed by atoms with Crippen molar-refractivity contribution < 1.29 is 15.0 Å². The number of aliphatic hydroxyl groups is 1. The molecule has 4 saturated carbocycles. The lowest BCUT2D eigenvalue weighted by Crippen LogP contribution is -2.56. The summed E-state index contributed by atoms with van der Waals surface area (Å²) >= 11 is 0. The van der Waals surface area contributed by atoms with E-state index in [1.165, 1.54) is 6.42 Å². The first-order valence-electron chi connectivity index (χ1n) is 5.91. The third kappa shape index (κ3) is 1.48. The molecule has 0 radical (unpaired) electrons. The minimum atomic E-state index is -0.944. The zero-order valence-electron chi connectivity index (χ0n) is 8.87. The third-order valence-corrected chi connectivity index (χ3v) is 4.67. The molecule has 0 amide bonds. The number of hydrogen-bond acceptors (Lipinski definition) is 3. The van der Waals surface area contributed by atoms with Gasteiger partial charge in [0.25, 0.3) is 0 Å². The Morgan fingerprint density at radius 3 is 2.33 bits per heavy atom. The fraction of sp³-hybridized carbons (Fsp3) is 0.917. The van der Waals surface area contributed by atoms with Gasteiger partial charge in [-0.1, -0.05) is 0 Å². The molecule has 1 N–H and O–H groups in total. The second-order valence-electron chi connectivity index (χ2n) is 6.23. The summed E-state index contributed by atoms with van der Waals surface area (Å²) < 4.78 is 0. The Kier molecular flexibility index (Phi) is 1.77. The topological polar surface area (TPSA) is 60.4 Å². The van der Waals surface area contributed by atoms with Crippen LogP contribution in [0.1, 0.15) is 44.9 Å². The van der Waals surface area contributed by atoms with Gasteiger partial charge in [0, 0.05) is 5.97 Å². The van der Waals surface area contributed by atoms with Crippen LogP contribution in [0.2, 0.25) is 0 Å². The molecule has 84 valence electrons. The summed E-state index contributed by atoms with van der Waals surface area (Å²) in [5.74, 6) is 0.187. The van der Waals surface area contributed by atoms with E-state index < -0.39 is 11.6 Å². The van der Waals surface area contributed by atoms with Crippen LogP contribution in [0.15, 0.2) is 0 Å². The largest absolute Gasteiger partial charge is 0.550 e. The number of rotatable bonds is 2. The molecule has 0 aromatic rings. The van der Waals surface area contributed by atoms with E-state index in [1.807, 2.05) is 0 Å². The first kappa shape index (κ1) is 9.64. The summed E-state index contributed by atoms with van der Waals surface area (Å²) in [6.07, 6.45) is 5.86. The summed E-state index contributed by atoms with van der Waals surface area (Å²) in [6.45, 7) is 0. The van der Waals surface area contributed by atoms with Crippen LogP contribution < -0.4 is 5.11 Å². The summed E-state index contributed by atoms with van der Waals surface area (Å²) in [6, 6.07) is 0. The fourth-order valence-corrected chi connectivity index (χ4v) is 4.91. The van der Waals surface area contributed by atoms with Crippen molar-refractivity contribution in [3.63, 3.8) is 0 Å². The van der Waals surface area contributed by atoms with Gasteiger partial charge in [-0.3, -0.25) is 0 Å². The van der Waals surface area contributed by atoms with Gasteiger partial charge in [0.1, 0.15) is 0 Å². The predicted octanol–water partition coefficient (Wildman–Crippen LogP) is 0.458. The summed E-state index contributed by atoms with van der Waals surface area (Å²) in [7, 11) is 0. The average molecular weight is 209 g/mol. The van der Waals surface area contributed by atoms with Gasteiger partial charge in [-0.25, -0.2) is 0 Å². The van der Waals surface area contributed by atoms with Crippen molar-refractivity contribution >= 4 is 5.97 Å². The number of carbonyl (C=O) groups is 1. The summed E-state index contributed by atoms with van der Waals surface area (Å²) in [4.78, 5) is 10.8. The van der Waals surface area contributed by atoms with Gasteiger partial charge < -0.3 is 15.0 Å². The second kappa shape index (κ2) is 2.76. The molecular formula is C12H17O3-. The lowest BCUT2D eigenvalue weighted by Gasteiger charge is -2.60. The molecule has 4 rings (SSSR count). The van der Waals surface area contributed by atoms with Crippen molar-refractivity contribution in [3.05, 3.63) is 0 Å². The molecule has 0 aliphatic heterocycles. The number of hydrogen-bond donors (Lipinski definition) is 1. The minimum Gasteiger partial charge on any atom is -0.550 e. The first-order chi connectivity index (χ1) is 6.99. The maximum atomic E-state index is 10.8. The fourth-order valence-electron chi connectivity index (χ4n) is 4.91. The van der Waals surface area contributed by atoms with Crippen LogP contribution in [-0.4, -0.2) is 16.7 Å². The zero-order valence-corrected chi connectivity index (χ0v) is 8.87. The van der Waals surface area contributed by atoms with E-state index in [2.05, 4.69) is 0 Å². The Labute approximate surface area is 89.5 Å². The molecule has 4 fully saturated rings. The second-order valence-corrected chi connectivity index (χ2v) is 6.23. The maximum absolute atomic E-state index is 10.8. The summed E-state index contributed by atoms with van der Waals surface area (Å²) in [5.41, 5.74) is -0.669. The maximum Gasteiger partial charge on any atom is 0.0658 e. The molecule has 4 aliphatic carbocycles.